The van der Waals surface area contributed by atoms with Gasteiger partial charge in [-0.3, -0.25) is 14.8 Å². The summed E-state index contributed by atoms with van der Waals surface area (Å²) in [5.74, 6) is 0.352. The van der Waals surface area contributed by atoms with Crippen LogP contribution in [-0.4, -0.2) is 48.7 Å². The minimum absolute atomic E-state index is 0.207. The van der Waals surface area contributed by atoms with Gasteiger partial charge in [0.25, 0.3) is 0 Å². The van der Waals surface area contributed by atoms with Crippen LogP contribution in [0.1, 0.15) is 50.0 Å². The number of amides is 1. The van der Waals surface area contributed by atoms with E-state index in [9.17, 15) is 9.59 Å². The molecule has 2 atom stereocenters. The van der Waals surface area contributed by atoms with Crippen molar-refractivity contribution in [3.05, 3.63) is 64.9 Å². The molecule has 0 saturated heterocycles. The lowest BCUT2D eigenvalue weighted by Crippen LogP contribution is -2.33. The highest BCUT2D eigenvalue weighted by Crippen LogP contribution is 2.33. The zero-order chi connectivity index (χ0) is 26.5. The minimum atomic E-state index is -0.996. The molecule has 3 aromatic rings. The van der Waals surface area contributed by atoms with Crippen molar-refractivity contribution in [1.29, 1.82) is 0 Å². The number of hydrogen-bond acceptors (Lipinski definition) is 9. The molecule has 9 nitrogen and oxygen atoms in total. The number of rotatable bonds is 15. The first-order chi connectivity index (χ1) is 18.0. The van der Waals surface area contributed by atoms with Gasteiger partial charge in [-0.1, -0.05) is 54.5 Å². The summed E-state index contributed by atoms with van der Waals surface area (Å²) in [6.07, 6.45) is 0.974. The van der Waals surface area contributed by atoms with E-state index in [1.807, 2.05) is 60.0 Å². The van der Waals surface area contributed by atoms with E-state index in [0.717, 1.165) is 27.8 Å². The summed E-state index contributed by atoms with van der Waals surface area (Å²) in [5.41, 5.74) is 1.61. The molecule has 3 rings (SSSR count). The normalized spacial score (nSPS) is 12.6. The van der Waals surface area contributed by atoms with Gasteiger partial charge in [-0.05, 0) is 35.7 Å². The molecule has 1 aromatic heterocycles. The van der Waals surface area contributed by atoms with E-state index in [4.69, 9.17) is 19.4 Å². The average molecular weight is 531 g/mol. The van der Waals surface area contributed by atoms with Crippen LogP contribution >= 0.6 is 11.3 Å². The maximum atomic E-state index is 12.6. The van der Waals surface area contributed by atoms with Gasteiger partial charge in [0.1, 0.15) is 11.9 Å². The lowest BCUT2D eigenvalue weighted by molar-refractivity contribution is -0.166. The molecule has 0 fully saturated rings. The zero-order valence-corrected chi connectivity index (χ0v) is 21.9. The predicted octanol–water partition coefficient (Wildman–Crippen LogP) is 5.84. The second-order valence-electron chi connectivity index (χ2n) is 8.50. The Hall–Kier alpha value is -3.18. The molecule has 0 radical (unpaired) electrons. The zero-order valence-electron chi connectivity index (χ0n) is 21.1. The van der Waals surface area contributed by atoms with Gasteiger partial charge in [-0.15, -0.1) is 11.3 Å². The summed E-state index contributed by atoms with van der Waals surface area (Å²) in [6.45, 7) is 2.24. The molecule has 37 heavy (non-hydrogen) atoms. The number of carbonyl (C=O) groups is 2. The third kappa shape index (κ3) is 9.32. The molecule has 1 amide bonds. The third-order valence-corrected chi connectivity index (χ3v) is 6.64. The van der Waals surface area contributed by atoms with Crippen molar-refractivity contribution in [1.82, 2.24) is 10.5 Å². The molecule has 1 heterocycles. The van der Waals surface area contributed by atoms with Crippen LogP contribution in [0.15, 0.2) is 60.0 Å². The average Bonchev–Trinajstić information content (AvgIpc) is 3.43. The van der Waals surface area contributed by atoms with E-state index in [2.05, 4.69) is 4.84 Å². The predicted molar refractivity (Wildman–Crippen MR) is 140 cm³/mol. The summed E-state index contributed by atoms with van der Waals surface area (Å²) in [4.78, 5) is 31.7. The number of thiophene rings is 1. The maximum absolute atomic E-state index is 12.6. The number of nitrogens with one attached hydrogen (secondary N) is 1. The number of unbranched alkanes of at least 4 members (excludes halogenated alkanes) is 2. The highest BCUT2D eigenvalue weighted by Gasteiger charge is 2.21. The number of hydrogen-bond donors (Lipinski definition) is 2. The summed E-state index contributed by atoms with van der Waals surface area (Å²) in [7, 11) is 1.64. The molecule has 200 valence electrons. The Balaban J connectivity index is 1.48. The molecule has 0 aliphatic carbocycles. The highest BCUT2D eigenvalue weighted by molar-refractivity contribution is 7.10. The Morgan fingerprint density at radius 1 is 1.03 bits per heavy atom. The molecule has 0 spiro atoms. The van der Waals surface area contributed by atoms with Gasteiger partial charge in [0, 0.05) is 43.6 Å². The summed E-state index contributed by atoms with van der Waals surface area (Å²) in [6, 6.07) is 18.0. The van der Waals surface area contributed by atoms with Crippen molar-refractivity contribution < 1.29 is 33.8 Å². The van der Waals surface area contributed by atoms with E-state index in [1.165, 1.54) is 11.8 Å². The second kappa shape index (κ2) is 15.2. The summed E-state index contributed by atoms with van der Waals surface area (Å²) in [5, 5.41) is 12.5. The van der Waals surface area contributed by atoms with Gasteiger partial charge in [0.15, 0.2) is 0 Å². The first-order valence-corrected chi connectivity index (χ1v) is 13.2. The molecule has 2 N–H and O–H groups in total. The Morgan fingerprint density at radius 2 is 1.84 bits per heavy atom. The van der Waals surface area contributed by atoms with Gasteiger partial charge in [0.05, 0.1) is 6.61 Å². The number of carbonyl (C=O) groups excluding carboxylic acids is 2. The lowest BCUT2D eigenvalue weighted by Gasteiger charge is -2.24. The van der Waals surface area contributed by atoms with Crippen LogP contribution in [0.3, 0.4) is 0 Å². The van der Waals surface area contributed by atoms with Crippen molar-refractivity contribution in [3.8, 4) is 5.75 Å². The van der Waals surface area contributed by atoms with Crippen LogP contribution in [-0.2, 0) is 19.1 Å². The standard InChI is InChI=1S/C27H34N2O7S/c1-20(34-26(30)15-4-3-7-18-33-28-32)35-27(31)29(2)17-16-24(25-14-9-19-37-25)36-23-13-8-11-21-10-5-6-12-22(21)23/h5-6,8-14,19-20,24,28,32H,3-4,7,15-18H2,1-2H3/t20?,24-/m0/s1. The van der Waals surface area contributed by atoms with Gasteiger partial charge < -0.3 is 19.1 Å². The van der Waals surface area contributed by atoms with Gasteiger partial charge in [-0.2, -0.15) is 0 Å². The Kier molecular flexibility index (Phi) is 11.6. The molecular formula is C27H34N2O7S. The number of esters is 1. The van der Waals surface area contributed by atoms with Crippen molar-refractivity contribution in [2.24, 2.45) is 0 Å². The van der Waals surface area contributed by atoms with Crippen molar-refractivity contribution in [2.75, 3.05) is 20.2 Å². The SMILES string of the molecule is CC(OC(=O)CCCCCONO)OC(=O)N(C)CC[C@H](Oc1cccc2ccccc12)c1cccs1. The third-order valence-electron chi connectivity index (χ3n) is 5.67. The topological polar surface area (TPSA) is 107 Å². The van der Waals surface area contributed by atoms with Gasteiger partial charge in [-0.25, -0.2) is 4.79 Å². The molecule has 2 aromatic carbocycles. The van der Waals surface area contributed by atoms with Crippen molar-refractivity contribution in [3.63, 3.8) is 0 Å². The fraction of sp³-hybridized carbons (Fsp3) is 0.407. The first-order valence-electron chi connectivity index (χ1n) is 12.3. The van der Waals surface area contributed by atoms with Gasteiger partial charge in [0.2, 0.25) is 6.29 Å². The van der Waals surface area contributed by atoms with E-state index >= 15 is 0 Å². The first kappa shape index (κ1) is 28.4. The smallest absolute Gasteiger partial charge is 0.412 e. The lowest BCUT2D eigenvalue weighted by atomic mass is 10.1. The monoisotopic (exact) mass is 530 g/mol. The fourth-order valence-corrected chi connectivity index (χ4v) is 4.54. The van der Waals surface area contributed by atoms with Gasteiger partial charge >= 0.3 is 12.1 Å². The van der Waals surface area contributed by atoms with Crippen molar-refractivity contribution in [2.45, 2.75) is 51.4 Å². The van der Waals surface area contributed by atoms with Crippen LogP contribution in [0.2, 0.25) is 0 Å². The Bertz CT molecular complexity index is 1100. The number of ether oxygens (including phenoxy) is 3. The van der Waals surface area contributed by atoms with Crippen LogP contribution in [0.25, 0.3) is 10.8 Å². The van der Waals surface area contributed by atoms with Crippen LogP contribution in [0.4, 0.5) is 4.79 Å². The maximum Gasteiger partial charge on any atom is 0.412 e. The molecule has 0 saturated carbocycles. The molecule has 1 unspecified atom stereocenters. The largest absolute Gasteiger partial charge is 0.484 e. The number of fused-ring (bicyclic) bond motifs is 1. The molecular weight excluding hydrogens is 496 g/mol. The van der Waals surface area contributed by atoms with E-state index in [0.29, 0.717) is 32.4 Å². The summed E-state index contributed by atoms with van der Waals surface area (Å²) >= 11 is 1.61. The van der Waals surface area contributed by atoms with E-state index in [1.54, 1.807) is 24.0 Å². The Labute approximate surface area is 220 Å². The van der Waals surface area contributed by atoms with Crippen molar-refractivity contribution >= 4 is 34.2 Å². The summed E-state index contributed by atoms with van der Waals surface area (Å²) < 4.78 is 16.9. The second-order valence-corrected chi connectivity index (χ2v) is 9.48. The van der Waals surface area contributed by atoms with Crippen LogP contribution in [0.5, 0.6) is 5.75 Å². The molecule has 0 aliphatic rings. The van der Waals surface area contributed by atoms with E-state index < -0.39 is 18.4 Å². The minimum Gasteiger partial charge on any atom is -0.484 e. The van der Waals surface area contributed by atoms with Crippen LogP contribution < -0.4 is 10.4 Å². The molecule has 0 bridgehead atoms. The Morgan fingerprint density at radius 3 is 2.62 bits per heavy atom. The molecule has 10 heteroatoms. The quantitative estimate of drug-likeness (QED) is 0.109. The van der Waals surface area contributed by atoms with E-state index in [-0.39, 0.29) is 12.5 Å². The molecule has 0 aliphatic heterocycles. The fourth-order valence-electron chi connectivity index (χ4n) is 3.75. The van der Waals surface area contributed by atoms with Crippen LogP contribution in [0, 0.1) is 0 Å². The number of nitrogens with zero attached hydrogens (tertiary/aromatic N) is 1. The highest BCUT2D eigenvalue weighted by atomic mass is 32.1. The number of benzene rings is 2.